The van der Waals surface area contributed by atoms with Gasteiger partial charge in [-0.05, 0) is 25.2 Å². The van der Waals surface area contributed by atoms with E-state index in [0.29, 0.717) is 12.8 Å². The standard InChI is InChI=1S/C11H22N2O2S/c1-6(2)10(12)11(15)13-7-3-4-8(14)9(16)5-7/h6-10,14,16H,3-5,12H2,1-2H3,(H,13,15)/t7-,8-,9-,10-/m1/s1. The molecular formula is C11H22N2O2S. The molecule has 1 amide bonds. The van der Waals surface area contributed by atoms with Gasteiger partial charge >= 0.3 is 0 Å². The number of thiol groups is 1. The number of amides is 1. The number of hydrogen-bond donors (Lipinski definition) is 4. The van der Waals surface area contributed by atoms with Crippen LogP contribution < -0.4 is 11.1 Å². The second-order valence-electron chi connectivity index (χ2n) is 4.92. The summed E-state index contributed by atoms with van der Waals surface area (Å²) in [5, 5.41) is 12.4. The molecule has 0 aromatic rings. The molecule has 0 radical (unpaired) electrons. The van der Waals surface area contributed by atoms with Gasteiger partial charge in [-0.3, -0.25) is 4.79 Å². The molecule has 0 heterocycles. The van der Waals surface area contributed by atoms with Crippen LogP contribution in [0.5, 0.6) is 0 Å². The van der Waals surface area contributed by atoms with Gasteiger partial charge in [0.2, 0.25) is 5.91 Å². The Labute approximate surface area is 102 Å². The first-order valence-corrected chi connectivity index (χ1v) is 6.35. The molecule has 0 aromatic carbocycles. The number of carbonyl (C=O) groups is 1. The molecule has 1 aliphatic carbocycles. The highest BCUT2D eigenvalue weighted by atomic mass is 32.1. The van der Waals surface area contributed by atoms with Crippen LogP contribution >= 0.6 is 12.6 Å². The van der Waals surface area contributed by atoms with Gasteiger partial charge in [0, 0.05) is 11.3 Å². The number of nitrogens with two attached hydrogens (primary N) is 1. The molecule has 0 saturated heterocycles. The normalized spacial score (nSPS) is 32.5. The summed E-state index contributed by atoms with van der Waals surface area (Å²) in [6.07, 6.45) is 1.85. The molecule has 94 valence electrons. The van der Waals surface area contributed by atoms with Gasteiger partial charge in [-0.2, -0.15) is 12.6 Å². The number of carbonyl (C=O) groups excluding carboxylic acids is 1. The molecule has 0 unspecified atom stereocenters. The van der Waals surface area contributed by atoms with Crippen LogP contribution in [0.2, 0.25) is 0 Å². The van der Waals surface area contributed by atoms with E-state index in [-0.39, 0.29) is 29.2 Å². The second kappa shape index (κ2) is 5.89. The van der Waals surface area contributed by atoms with Crippen molar-refractivity contribution in [2.75, 3.05) is 0 Å². The predicted octanol–water partition coefficient (Wildman–Crippen LogP) is 0.298. The van der Waals surface area contributed by atoms with Gasteiger partial charge in [0.25, 0.3) is 0 Å². The van der Waals surface area contributed by atoms with Gasteiger partial charge in [-0.1, -0.05) is 13.8 Å². The van der Waals surface area contributed by atoms with E-state index in [9.17, 15) is 9.90 Å². The number of rotatable bonds is 3. The summed E-state index contributed by atoms with van der Waals surface area (Å²) in [5.74, 6) is 0.0397. The lowest BCUT2D eigenvalue weighted by Gasteiger charge is -2.31. The van der Waals surface area contributed by atoms with E-state index < -0.39 is 6.04 Å². The van der Waals surface area contributed by atoms with Crippen LogP contribution in [0.4, 0.5) is 0 Å². The Balaban J connectivity index is 2.40. The van der Waals surface area contributed by atoms with Crippen LogP contribution in [-0.2, 0) is 4.79 Å². The average molecular weight is 246 g/mol. The lowest BCUT2D eigenvalue weighted by atomic mass is 9.92. The zero-order valence-electron chi connectivity index (χ0n) is 9.89. The number of nitrogens with one attached hydrogen (secondary N) is 1. The molecule has 0 bridgehead atoms. The number of aliphatic hydroxyl groups excluding tert-OH is 1. The van der Waals surface area contributed by atoms with E-state index in [4.69, 9.17) is 5.73 Å². The minimum Gasteiger partial charge on any atom is -0.392 e. The predicted molar refractivity (Wildman–Crippen MR) is 67.4 cm³/mol. The van der Waals surface area contributed by atoms with E-state index in [2.05, 4.69) is 17.9 Å². The monoisotopic (exact) mass is 246 g/mol. The summed E-state index contributed by atoms with van der Waals surface area (Å²) < 4.78 is 0. The van der Waals surface area contributed by atoms with Crippen LogP contribution in [0.15, 0.2) is 0 Å². The van der Waals surface area contributed by atoms with Crippen molar-refractivity contribution in [1.82, 2.24) is 5.32 Å². The Morgan fingerprint density at radius 1 is 1.50 bits per heavy atom. The van der Waals surface area contributed by atoms with Crippen LogP contribution in [0.25, 0.3) is 0 Å². The Morgan fingerprint density at radius 2 is 2.12 bits per heavy atom. The summed E-state index contributed by atoms with van der Waals surface area (Å²) in [7, 11) is 0. The minimum atomic E-state index is -0.454. The summed E-state index contributed by atoms with van der Waals surface area (Å²) >= 11 is 4.30. The van der Waals surface area contributed by atoms with Gasteiger partial charge in [0.1, 0.15) is 0 Å². The lowest BCUT2D eigenvalue weighted by molar-refractivity contribution is -0.124. The average Bonchev–Trinajstić information content (AvgIpc) is 2.22. The first-order chi connectivity index (χ1) is 7.41. The summed E-state index contributed by atoms with van der Waals surface area (Å²) in [5.41, 5.74) is 5.76. The quantitative estimate of drug-likeness (QED) is 0.541. The minimum absolute atomic E-state index is 0.0469. The third kappa shape index (κ3) is 3.64. The van der Waals surface area contributed by atoms with Crippen molar-refractivity contribution in [2.24, 2.45) is 11.7 Å². The molecule has 0 aromatic heterocycles. The number of hydrogen-bond acceptors (Lipinski definition) is 4. The van der Waals surface area contributed by atoms with Gasteiger partial charge in [-0.15, -0.1) is 0 Å². The maximum atomic E-state index is 11.7. The highest BCUT2D eigenvalue weighted by Crippen LogP contribution is 2.23. The van der Waals surface area contributed by atoms with Crippen molar-refractivity contribution >= 4 is 18.5 Å². The molecule has 5 heteroatoms. The molecule has 4 N–H and O–H groups in total. The second-order valence-corrected chi connectivity index (χ2v) is 5.59. The fourth-order valence-corrected chi connectivity index (χ4v) is 2.27. The zero-order chi connectivity index (χ0) is 12.3. The Morgan fingerprint density at radius 3 is 2.62 bits per heavy atom. The Hall–Kier alpha value is -0.260. The van der Waals surface area contributed by atoms with E-state index in [1.807, 2.05) is 13.8 Å². The van der Waals surface area contributed by atoms with Crippen LogP contribution in [0.1, 0.15) is 33.1 Å². The lowest BCUT2D eigenvalue weighted by Crippen LogP contribution is -2.50. The Kier molecular flexibility index (Phi) is 5.08. The molecule has 16 heavy (non-hydrogen) atoms. The van der Waals surface area contributed by atoms with Gasteiger partial charge in [0.15, 0.2) is 0 Å². The van der Waals surface area contributed by atoms with E-state index >= 15 is 0 Å². The van der Waals surface area contributed by atoms with E-state index in [0.717, 1.165) is 6.42 Å². The van der Waals surface area contributed by atoms with Crippen LogP contribution in [-0.4, -0.2) is 34.5 Å². The van der Waals surface area contributed by atoms with Crippen LogP contribution in [0.3, 0.4) is 0 Å². The molecule has 4 nitrogen and oxygen atoms in total. The third-order valence-corrected chi connectivity index (χ3v) is 3.70. The fraction of sp³-hybridized carbons (Fsp3) is 0.909. The SMILES string of the molecule is CC(C)[C@@H](N)C(=O)N[C@@H]1CC[C@@H](O)[C@H](S)C1. The zero-order valence-corrected chi connectivity index (χ0v) is 10.8. The third-order valence-electron chi connectivity index (χ3n) is 3.15. The van der Waals surface area contributed by atoms with Crippen molar-refractivity contribution in [3.05, 3.63) is 0 Å². The maximum absolute atomic E-state index is 11.7. The summed E-state index contributed by atoms with van der Waals surface area (Å²) in [4.78, 5) is 11.7. The van der Waals surface area contributed by atoms with E-state index in [1.54, 1.807) is 0 Å². The molecule has 4 atom stereocenters. The number of aliphatic hydroxyl groups is 1. The largest absolute Gasteiger partial charge is 0.392 e. The van der Waals surface area contributed by atoms with Gasteiger partial charge in [-0.25, -0.2) is 0 Å². The maximum Gasteiger partial charge on any atom is 0.237 e. The first kappa shape index (κ1) is 13.8. The van der Waals surface area contributed by atoms with Crippen molar-refractivity contribution in [3.8, 4) is 0 Å². The molecule has 0 aliphatic heterocycles. The highest BCUT2D eigenvalue weighted by Gasteiger charge is 2.29. The fourth-order valence-electron chi connectivity index (χ4n) is 1.86. The van der Waals surface area contributed by atoms with Crippen LogP contribution in [0, 0.1) is 5.92 Å². The topological polar surface area (TPSA) is 75.4 Å². The van der Waals surface area contributed by atoms with Crippen molar-refractivity contribution in [3.63, 3.8) is 0 Å². The molecule has 1 fully saturated rings. The van der Waals surface area contributed by atoms with Gasteiger partial charge in [0.05, 0.1) is 12.1 Å². The molecule has 1 saturated carbocycles. The Bertz CT molecular complexity index is 248. The van der Waals surface area contributed by atoms with Crippen molar-refractivity contribution in [1.29, 1.82) is 0 Å². The van der Waals surface area contributed by atoms with Crippen molar-refractivity contribution < 1.29 is 9.90 Å². The van der Waals surface area contributed by atoms with Crippen molar-refractivity contribution in [2.45, 2.75) is 56.5 Å². The summed E-state index contributed by atoms with van der Waals surface area (Å²) in [6.45, 7) is 3.85. The molecular weight excluding hydrogens is 224 g/mol. The first-order valence-electron chi connectivity index (χ1n) is 5.84. The molecule has 1 rings (SSSR count). The smallest absolute Gasteiger partial charge is 0.237 e. The molecule has 1 aliphatic rings. The van der Waals surface area contributed by atoms with Gasteiger partial charge < -0.3 is 16.2 Å². The molecule has 0 spiro atoms. The van der Waals surface area contributed by atoms with E-state index in [1.165, 1.54) is 0 Å². The summed E-state index contributed by atoms with van der Waals surface area (Å²) in [6, 6.07) is -0.353. The highest BCUT2D eigenvalue weighted by molar-refractivity contribution is 7.81.